The predicted molar refractivity (Wildman–Crippen MR) is 86.3 cm³/mol. The van der Waals surface area contributed by atoms with Crippen molar-refractivity contribution in [3.05, 3.63) is 16.1 Å². The van der Waals surface area contributed by atoms with Gasteiger partial charge in [-0.2, -0.15) is 0 Å². The number of sulfonamides is 1. The summed E-state index contributed by atoms with van der Waals surface area (Å²) in [5.41, 5.74) is 5.78. The molecule has 3 N–H and O–H groups in total. The van der Waals surface area contributed by atoms with Crippen LogP contribution in [0.4, 0.5) is 0 Å². The first-order valence-electron chi connectivity index (χ1n) is 6.26. The van der Waals surface area contributed by atoms with Crippen LogP contribution in [0.1, 0.15) is 28.8 Å². The summed E-state index contributed by atoms with van der Waals surface area (Å²) in [6, 6.07) is 0. The van der Waals surface area contributed by atoms with Crippen LogP contribution in [0.25, 0.3) is 0 Å². The summed E-state index contributed by atoms with van der Waals surface area (Å²) in [5.74, 6) is -0.261. The van der Waals surface area contributed by atoms with Gasteiger partial charge in [0.2, 0.25) is 10.0 Å². The Morgan fingerprint density at radius 2 is 2.19 bits per heavy atom. The summed E-state index contributed by atoms with van der Waals surface area (Å²) >= 11 is 1.34. The maximum atomic E-state index is 11.7. The lowest BCUT2D eigenvalue weighted by molar-refractivity contribution is 0.0948. The molecule has 1 heterocycles. The molecule has 21 heavy (non-hydrogen) atoms. The third-order valence-corrected chi connectivity index (χ3v) is 4.90. The van der Waals surface area contributed by atoms with Crippen LogP contribution in [-0.2, 0) is 16.6 Å². The molecule has 1 rings (SSSR count). The molecule has 10 heteroatoms. The van der Waals surface area contributed by atoms with E-state index in [1.807, 2.05) is 0 Å². The van der Waals surface area contributed by atoms with Crippen molar-refractivity contribution >= 4 is 39.7 Å². The molecule has 0 radical (unpaired) electrons. The smallest absolute Gasteiger partial charge is 0.270 e. The summed E-state index contributed by atoms with van der Waals surface area (Å²) in [7, 11) is -3.17. The molecular weight excluding hydrogens is 336 g/mol. The molecule has 0 saturated heterocycles. The second kappa shape index (κ2) is 9.31. The van der Waals surface area contributed by atoms with Gasteiger partial charge in [0.25, 0.3) is 5.91 Å². The number of halogens is 1. The fourth-order valence-electron chi connectivity index (χ4n) is 1.62. The Balaban J connectivity index is 0.00000400. The van der Waals surface area contributed by atoms with Crippen molar-refractivity contribution in [3.8, 4) is 0 Å². The normalized spacial score (nSPS) is 11.2. The van der Waals surface area contributed by atoms with E-state index in [0.29, 0.717) is 43.3 Å². The van der Waals surface area contributed by atoms with E-state index >= 15 is 0 Å². The van der Waals surface area contributed by atoms with Gasteiger partial charge in [-0.05, 0) is 6.42 Å². The zero-order chi connectivity index (χ0) is 15.2. The van der Waals surface area contributed by atoms with Crippen molar-refractivity contribution in [2.75, 3.05) is 25.9 Å². The molecule has 1 aromatic rings. The van der Waals surface area contributed by atoms with Gasteiger partial charge in [0.05, 0.1) is 6.26 Å². The average Bonchev–Trinajstić information content (AvgIpc) is 2.85. The van der Waals surface area contributed by atoms with Crippen molar-refractivity contribution in [2.24, 2.45) is 5.73 Å². The van der Waals surface area contributed by atoms with Gasteiger partial charge in [0.1, 0.15) is 10.7 Å². The van der Waals surface area contributed by atoms with Crippen LogP contribution in [0.15, 0.2) is 5.38 Å². The van der Waals surface area contributed by atoms with Gasteiger partial charge in [-0.1, -0.05) is 6.92 Å². The molecule has 122 valence electrons. The van der Waals surface area contributed by atoms with Gasteiger partial charge in [0, 0.05) is 31.6 Å². The molecule has 0 unspecified atom stereocenters. The van der Waals surface area contributed by atoms with E-state index < -0.39 is 10.0 Å². The van der Waals surface area contributed by atoms with Gasteiger partial charge < -0.3 is 11.1 Å². The first kappa shape index (κ1) is 20.3. The Labute approximate surface area is 135 Å². The zero-order valence-corrected chi connectivity index (χ0v) is 14.5. The molecule has 0 aliphatic heterocycles. The molecule has 0 atom stereocenters. The quantitative estimate of drug-likeness (QED) is 0.657. The minimum atomic E-state index is -3.17. The van der Waals surface area contributed by atoms with Crippen LogP contribution in [0.2, 0.25) is 0 Å². The topological polar surface area (TPSA) is 105 Å². The largest absolute Gasteiger partial charge is 0.351 e. The fourth-order valence-corrected chi connectivity index (χ4v) is 3.20. The molecule has 0 aliphatic carbocycles. The molecule has 7 nitrogen and oxygen atoms in total. The minimum absolute atomic E-state index is 0. The van der Waals surface area contributed by atoms with E-state index in [4.69, 9.17) is 5.73 Å². The Morgan fingerprint density at radius 3 is 2.67 bits per heavy atom. The third-order valence-electron chi connectivity index (χ3n) is 2.65. The molecule has 0 aliphatic rings. The van der Waals surface area contributed by atoms with Crippen molar-refractivity contribution in [1.82, 2.24) is 14.6 Å². The molecule has 0 bridgehead atoms. The minimum Gasteiger partial charge on any atom is -0.351 e. The Morgan fingerprint density at radius 1 is 1.52 bits per heavy atom. The number of thiazole rings is 1. The summed E-state index contributed by atoms with van der Waals surface area (Å²) < 4.78 is 24.1. The number of carbonyl (C=O) groups excluding carboxylic acids is 1. The summed E-state index contributed by atoms with van der Waals surface area (Å²) in [6.45, 7) is 3.32. The van der Waals surface area contributed by atoms with Gasteiger partial charge in [-0.3, -0.25) is 4.79 Å². The predicted octanol–water partition coefficient (Wildman–Crippen LogP) is 0.425. The molecule has 1 amide bonds. The number of aromatic nitrogens is 1. The zero-order valence-electron chi connectivity index (χ0n) is 12.0. The lowest BCUT2D eigenvalue weighted by Crippen LogP contribution is -2.33. The van der Waals surface area contributed by atoms with E-state index in [1.165, 1.54) is 21.9 Å². The monoisotopic (exact) mass is 356 g/mol. The molecule has 0 saturated carbocycles. The van der Waals surface area contributed by atoms with E-state index in [1.54, 1.807) is 12.3 Å². The second-order valence-corrected chi connectivity index (χ2v) is 7.12. The first-order chi connectivity index (χ1) is 9.38. The second-order valence-electron chi connectivity index (χ2n) is 4.19. The van der Waals surface area contributed by atoms with E-state index in [9.17, 15) is 13.2 Å². The van der Waals surface area contributed by atoms with Crippen LogP contribution >= 0.6 is 23.7 Å². The van der Waals surface area contributed by atoms with Crippen molar-refractivity contribution < 1.29 is 13.2 Å². The standard InChI is InChI=1S/C11H20N4O3S2.ClH/c1-3-15(20(2,17)18)6-4-5-13-11(16)9-8-19-10(7-12)14-9;/h8H,3-7,12H2,1-2H3,(H,13,16);1H. The van der Waals surface area contributed by atoms with Gasteiger partial charge in [-0.15, -0.1) is 23.7 Å². The number of carbonyl (C=O) groups is 1. The molecule has 0 spiro atoms. The van der Waals surface area contributed by atoms with Crippen LogP contribution in [0.5, 0.6) is 0 Å². The highest BCUT2D eigenvalue weighted by Crippen LogP contribution is 2.08. The highest BCUT2D eigenvalue weighted by molar-refractivity contribution is 7.88. The van der Waals surface area contributed by atoms with Crippen molar-refractivity contribution in [3.63, 3.8) is 0 Å². The van der Waals surface area contributed by atoms with Crippen molar-refractivity contribution in [2.45, 2.75) is 19.9 Å². The molecule has 0 fully saturated rings. The van der Waals surface area contributed by atoms with Crippen LogP contribution in [-0.4, -0.2) is 49.5 Å². The highest BCUT2D eigenvalue weighted by Gasteiger charge is 2.14. The molecule has 0 aromatic carbocycles. The highest BCUT2D eigenvalue weighted by atomic mass is 35.5. The number of hydrogen-bond acceptors (Lipinski definition) is 6. The number of amides is 1. The van der Waals surface area contributed by atoms with Crippen LogP contribution < -0.4 is 11.1 Å². The van der Waals surface area contributed by atoms with Crippen molar-refractivity contribution in [1.29, 1.82) is 0 Å². The summed E-state index contributed by atoms with van der Waals surface area (Å²) in [4.78, 5) is 15.8. The van der Waals surface area contributed by atoms with E-state index in [-0.39, 0.29) is 18.3 Å². The van der Waals surface area contributed by atoms with Gasteiger partial charge in [0.15, 0.2) is 0 Å². The summed E-state index contributed by atoms with van der Waals surface area (Å²) in [5, 5.41) is 5.08. The first-order valence-corrected chi connectivity index (χ1v) is 8.99. The van der Waals surface area contributed by atoms with E-state index in [0.717, 1.165) is 0 Å². The lowest BCUT2D eigenvalue weighted by atomic mass is 10.4. The maximum Gasteiger partial charge on any atom is 0.270 e. The van der Waals surface area contributed by atoms with Crippen LogP contribution in [0.3, 0.4) is 0 Å². The Kier molecular flexibility index (Phi) is 8.98. The maximum absolute atomic E-state index is 11.7. The lowest BCUT2D eigenvalue weighted by Gasteiger charge is -2.17. The number of rotatable bonds is 8. The SMILES string of the molecule is CCN(CCCNC(=O)c1csc(CN)n1)S(C)(=O)=O.Cl. The number of hydrogen-bond donors (Lipinski definition) is 2. The number of nitrogens with two attached hydrogens (primary N) is 1. The Bertz CT molecular complexity index is 547. The van der Waals surface area contributed by atoms with Crippen LogP contribution in [0, 0.1) is 0 Å². The van der Waals surface area contributed by atoms with Gasteiger partial charge >= 0.3 is 0 Å². The van der Waals surface area contributed by atoms with E-state index in [2.05, 4.69) is 10.3 Å². The van der Waals surface area contributed by atoms with Gasteiger partial charge in [-0.25, -0.2) is 17.7 Å². The Hall–Kier alpha value is -0.740. The summed E-state index contributed by atoms with van der Waals surface area (Å²) in [6.07, 6.45) is 1.74. The fraction of sp³-hybridized carbons (Fsp3) is 0.636. The number of nitrogens with one attached hydrogen (secondary N) is 1. The number of nitrogens with zero attached hydrogens (tertiary/aromatic N) is 2. The third kappa shape index (κ3) is 6.70. The molecular formula is C11H21ClN4O3S2. The molecule has 1 aromatic heterocycles. The average molecular weight is 357 g/mol.